The normalized spacial score (nSPS) is 16.4. The summed E-state index contributed by atoms with van der Waals surface area (Å²) in [5.41, 5.74) is 1.40. The average molecular weight is 296 g/mol. The molecule has 0 amide bonds. The zero-order chi connectivity index (χ0) is 15.0. The molecule has 1 fully saturated rings. The maximum atomic E-state index is 12.4. The second kappa shape index (κ2) is 5.47. The van der Waals surface area contributed by atoms with Gasteiger partial charge in [-0.25, -0.2) is 13.1 Å². The number of rotatable bonds is 5. The van der Waals surface area contributed by atoms with E-state index in [2.05, 4.69) is 10.0 Å². The van der Waals surface area contributed by atoms with Gasteiger partial charge in [-0.15, -0.1) is 0 Å². The molecule has 2 rings (SSSR count). The van der Waals surface area contributed by atoms with E-state index in [1.165, 1.54) is 12.8 Å². The van der Waals surface area contributed by atoms with E-state index in [0.717, 1.165) is 17.7 Å². The third kappa shape index (κ3) is 4.04. The van der Waals surface area contributed by atoms with Crippen LogP contribution in [0.4, 0.5) is 0 Å². The van der Waals surface area contributed by atoms with Crippen molar-refractivity contribution in [1.29, 1.82) is 0 Å². The lowest BCUT2D eigenvalue weighted by molar-refractivity contribution is 0.491. The van der Waals surface area contributed by atoms with Gasteiger partial charge in [0.25, 0.3) is 0 Å². The summed E-state index contributed by atoms with van der Waals surface area (Å²) in [7, 11) is -3.47. The zero-order valence-electron chi connectivity index (χ0n) is 12.7. The Hall–Kier alpha value is -0.910. The van der Waals surface area contributed by atoms with Crippen molar-refractivity contribution in [2.45, 2.75) is 63.6 Å². The molecule has 1 saturated carbocycles. The summed E-state index contributed by atoms with van der Waals surface area (Å²) < 4.78 is 27.6. The van der Waals surface area contributed by atoms with Crippen LogP contribution in [-0.2, 0) is 16.6 Å². The van der Waals surface area contributed by atoms with Crippen LogP contribution in [0.15, 0.2) is 23.1 Å². The Morgan fingerprint density at radius 2 is 1.90 bits per heavy atom. The lowest BCUT2D eigenvalue weighted by Gasteiger charge is -2.22. The first-order valence-corrected chi connectivity index (χ1v) is 8.53. The summed E-state index contributed by atoms with van der Waals surface area (Å²) >= 11 is 0. The summed E-state index contributed by atoms with van der Waals surface area (Å²) in [6.45, 7) is 8.14. The molecule has 0 bridgehead atoms. The van der Waals surface area contributed by atoms with Crippen LogP contribution in [-0.4, -0.2) is 20.0 Å². The quantitative estimate of drug-likeness (QED) is 0.876. The smallest absolute Gasteiger partial charge is 0.241 e. The molecule has 1 aromatic carbocycles. The standard InChI is InChI=1S/C15H24N2O2S/c1-11-12(10-16-13-8-9-13)6-5-7-14(11)20(18,19)17-15(2,3)4/h5-7,13,16-17H,8-10H2,1-4H3. The Morgan fingerprint density at radius 1 is 1.25 bits per heavy atom. The molecule has 4 nitrogen and oxygen atoms in total. The van der Waals surface area contributed by atoms with Crippen LogP contribution in [0.2, 0.25) is 0 Å². The minimum atomic E-state index is -3.47. The second-order valence-electron chi connectivity index (χ2n) is 6.55. The molecule has 0 aromatic heterocycles. The zero-order valence-corrected chi connectivity index (χ0v) is 13.5. The van der Waals surface area contributed by atoms with Crippen LogP contribution in [0.5, 0.6) is 0 Å². The highest BCUT2D eigenvalue weighted by atomic mass is 32.2. The van der Waals surface area contributed by atoms with Gasteiger partial charge in [-0.1, -0.05) is 12.1 Å². The van der Waals surface area contributed by atoms with Crippen molar-refractivity contribution in [3.05, 3.63) is 29.3 Å². The summed E-state index contributed by atoms with van der Waals surface area (Å²) in [5.74, 6) is 0. The predicted octanol–water partition coefficient (Wildman–Crippen LogP) is 2.32. The number of sulfonamides is 1. The summed E-state index contributed by atoms with van der Waals surface area (Å²) in [5, 5.41) is 3.43. The van der Waals surface area contributed by atoms with Gasteiger partial charge >= 0.3 is 0 Å². The molecular weight excluding hydrogens is 272 g/mol. The fourth-order valence-corrected chi connectivity index (χ4v) is 3.85. The van der Waals surface area contributed by atoms with E-state index < -0.39 is 15.6 Å². The minimum absolute atomic E-state index is 0.377. The van der Waals surface area contributed by atoms with Crippen molar-refractivity contribution >= 4 is 10.0 Å². The highest BCUT2D eigenvalue weighted by molar-refractivity contribution is 7.89. The van der Waals surface area contributed by atoms with E-state index in [4.69, 9.17) is 0 Å². The first-order valence-electron chi connectivity index (χ1n) is 7.05. The van der Waals surface area contributed by atoms with Crippen molar-refractivity contribution in [3.63, 3.8) is 0 Å². The van der Waals surface area contributed by atoms with Crippen molar-refractivity contribution < 1.29 is 8.42 Å². The first kappa shape index (κ1) is 15.5. The molecule has 0 spiro atoms. The Kier molecular flexibility index (Phi) is 4.23. The Balaban J connectivity index is 2.24. The topological polar surface area (TPSA) is 58.2 Å². The Bertz CT molecular complexity index is 584. The van der Waals surface area contributed by atoms with E-state index in [9.17, 15) is 8.42 Å². The number of hydrogen-bond donors (Lipinski definition) is 2. The Labute approximate surface area is 122 Å². The molecule has 1 aliphatic carbocycles. The van der Waals surface area contributed by atoms with Crippen molar-refractivity contribution in [3.8, 4) is 0 Å². The second-order valence-corrected chi connectivity index (χ2v) is 8.20. The van der Waals surface area contributed by atoms with Gasteiger partial charge in [-0.2, -0.15) is 0 Å². The number of nitrogens with one attached hydrogen (secondary N) is 2. The fourth-order valence-electron chi connectivity index (χ4n) is 2.14. The van der Waals surface area contributed by atoms with Gasteiger partial charge in [0.15, 0.2) is 0 Å². The summed E-state index contributed by atoms with van der Waals surface area (Å²) in [4.78, 5) is 0.377. The van der Waals surface area contributed by atoms with Gasteiger partial charge in [0.05, 0.1) is 4.90 Å². The van der Waals surface area contributed by atoms with Crippen LogP contribution in [0.3, 0.4) is 0 Å². The minimum Gasteiger partial charge on any atom is -0.310 e. The molecular formula is C15H24N2O2S. The van der Waals surface area contributed by atoms with Gasteiger partial charge in [0.2, 0.25) is 10.0 Å². The van der Waals surface area contributed by atoms with Gasteiger partial charge in [-0.3, -0.25) is 0 Å². The van der Waals surface area contributed by atoms with Gasteiger partial charge in [0, 0.05) is 18.1 Å². The molecule has 0 saturated heterocycles. The van der Waals surface area contributed by atoms with Crippen LogP contribution >= 0.6 is 0 Å². The predicted molar refractivity (Wildman–Crippen MR) is 81.1 cm³/mol. The monoisotopic (exact) mass is 296 g/mol. The highest BCUT2D eigenvalue weighted by Crippen LogP contribution is 2.23. The fraction of sp³-hybridized carbons (Fsp3) is 0.600. The molecule has 5 heteroatoms. The van der Waals surface area contributed by atoms with Gasteiger partial charge in [0.1, 0.15) is 0 Å². The lowest BCUT2D eigenvalue weighted by Crippen LogP contribution is -2.40. The van der Waals surface area contributed by atoms with Gasteiger partial charge < -0.3 is 5.32 Å². The van der Waals surface area contributed by atoms with Crippen molar-refractivity contribution in [2.24, 2.45) is 0 Å². The van der Waals surface area contributed by atoms with Gasteiger partial charge in [-0.05, 0) is 57.7 Å². The molecule has 0 radical (unpaired) electrons. The highest BCUT2D eigenvalue weighted by Gasteiger charge is 2.25. The Morgan fingerprint density at radius 3 is 2.45 bits per heavy atom. The van der Waals surface area contributed by atoms with Crippen molar-refractivity contribution in [1.82, 2.24) is 10.0 Å². The van der Waals surface area contributed by atoms with Crippen LogP contribution in [0, 0.1) is 6.92 Å². The van der Waals surface area contributed by atoms with Crippen LogP contribution < -0.4 is 10.0 Å². The average Bonchev–Trinajstić information content (AvgIpc) is 3.08. The molecule has 1 aromatic rings. The molecule has 0 atom stereocenters. The summed E-state index contributed by atoms with van der Waals surface area (Å²) in [6.07, 6.45) is 2.45. The maximum Gasteiger partial charge on any atom is 0.241 e. The number of benzene rings is 1. The molecule has 0 aliphatic heterocycles. The number of hydrogen-bond acceptors (Lipinski definition) is 3. The SMILES string of the molecule is Cc1c(CNC2CC2)cccc1S(=O)(=O)NC(C)(C)C. The molecule has 20 heavy (non-hydrogen) atoms. The third-order valence-corrected chi connectivity index (χ3v) is 5.19. The van der Waals surface area contributed by atoms with Crippen LogP contribution in [0.1, 0.15) is 44.7 Å². The van der Waals surface area contributed by atoms with E-state index in [1.54, 1.807) is 6.07 Å². The van der Waals surface area contributed by atoms with Crippen LogP contribution in [0.25, 0.3) is 0 Å². The molecule has 0 heterocycles. The molecule has 112 valence electrons. The van der Waals surface area contributed by atoms with Crippen molar-refractivity contribution in [2.75, 3.05) is 0 Å². The lowest BCUT2D eigenvalue weighted by atomic mass is 10.1. The molecule has 2 N–H and O–H groups in total. The van der Waals surface area contributed by atoms with E-state index in [1.807, 2.05) is 39.8 Å². The van der Waals surface area contributed by atoms with E-state index >= 15 is 0 Å². The van der Waals surface area contributed by atoms with E-state index in [-0.39, 0.29) is 0 Å². The largest absolute Gasteiger partial charge is 0.310 e. The first-order chi connectivity index (χ1) is 9.19. The molecule has 0 unspecified atom stereocenters. The molecule has 1 aliphatic rings. The third-order valence-electron chi connectivity index (χ3n) is 3.28. The van der Waals surface area contributed by atoms with E-state index in [0.29, 0.717) is 10.9 Å². The summed E-state index contributed by atoms with van der Waals surface area (Å²) in [6, 6.07) is 6.08. The maximum absolute atomic E-state index is 12.4.